The van der Waals surface area contributed by atoms with Crippen molar-refractivity contribution < 1.29 is 0 Å². The molecule has 0 saturated carbocycles. The molecule has 0 atom stereocenters. The van der Waals surface area contributed by atoms with Crippen LogP contribution in [0.5, 0.6) is 0 Å². The van der Waals surface area contributed by atoms with Crippen molar-refractivity contribution in [3.05, 3.63) is 45.7 Å². The molecule has 1 rings (SSSR count). The molecule has 0 heterocycles. The highest BCUT2D eigenvalue weighted by atomic mass is 35.5. The first-order chi connectivity index (χ1) is 8.70. The fourth-order valence-electron chi connectivity index (χ4n) is 1.36. The Bertz CT molecular complexity index is 466. The van der Waals surface area contributed by atoms with Crippen molar-refractivity contribution in [2.75, 3.05) is 6.54 Å². The lowest BCUT2D eigenvalue weighted by atomic mass is 10.0. The Hall–Kier alpha value is -0.940. The lowest BCUT2D eigenvalue weighted by Gasteiger charge is -2.22. The van der Waals surface area contributed by atoms with E-state index in [0.717, 1.165) is 12.0 Å². The van der Waals surface area contributed by atoms with E-state index in [9.17, 15) is 0 Å². The van der Waals surface area contributed by atoms with Gasteiger partial charge in [0.25, 0.3) is 0 Å². The van der Waals surface area contributed by atoms with Crippen LogP contribution in [0.15, 0.2) is 30.1 Å². The predicted octanol–water partition coefficient (Wildman–Crippen LogP) is 2.25. The zero-order valence-electron chi connectivity index (χ0n) is 11.2. The third kappa shape index (κ3) is 5.28. The topological polar surface area (TPSA) is 81.3 Å². The summed E-state index contributed by atoms with van der Waals surface area (Å²) in [5.74, 6) is 5.85. The summed E-state index contributed by atoms with van der Waals surface area (Å²) >= 11 is 11.8. The number of hydrogen-bond acceptors (Lipinski definition) is 4. The Labute approximate surface area is 124 Å². The van der Waals surface area contributed by atoms with Crippen LogP contribution in [0.1, 0.15) is 19.4 Å². The minimum absolute atomic E-state index is 0.532. The van der Waals surface area contributed by atoms with Gasteiger partial charge in [0.05, 0.1) is 15.6 Å². The first-order valence-corrected chi connectivity index (χ1v) is 6.67. The van der Waals surface area contributed by atoms with Crippen LogP contribution in [0.4, 0.5) is 0 Å². The molecule has 4 nitrogen and oxygen atoms in total. The largest absolute Gasteiger partial charge is 0.399 e. The van der Waals surface area contributed by atoms with Crippen LogP contribution in [0.25, 0.3) is 0 Å². The lowest BCUT2D eigenvalue weighted by Crippen LogP contribution is -2.40. The van der Waals surface area contributed by atoms with Gasteiger partial charge in [-0.3, -0.25) is 0 Å². The molecule has 0 aromatic heterocycles. The average Bonchev–Trinajstić information content (AvgIpc) is 2.29. The summed E-state index contributed by atoms with van der Waals surface area (Å²) in [6, 6.07) is 5.52. The zero-order chi connectivity index (χ0) is 14.6. The monoisotopic (exact) mass is 302 g/mol. The quantitative estimate of drug-likeness (QED) is 0.575. The van der Waals surface area contributed by atoms with Crippen LogP contribution in [0, 0.1) is 0 Å². The van der Waals surface area contributed by atoms with Crippen molar-refractivity contribution >= 4 is 23.2 Å². The van der Waals surface area contributed by atoms with Gasteiger partial charge in [-0.05, 0) is 38.0 Å². The van der Waals surface area contributed by atoms with Crippen LogP contribution in [-0.4, -0.2) is 17.1 Å². The van der Waals surface area contributed by atoms with E-state index >= 15 is 0 Å². The molecule has 0 aliphatic heterocycles. The molecule has 0 aliphatic rings. The van der Waals surface area contributed by atoms with E-state index in [1.54, 1.807) is 12.3 Å². The van der Waals surface area contributed by atoms with E-state index in [4.69, 9.17) is 40.5 Å². The highest BCUT2D eigenvalue weighted by molar-refractivity contribution is 6.42. The second-order valence-electron chi connectivity index (χ2n) is 5.04. The molecule has 6 N–H and O–H groups in total. The molecule has 0 fully saturated rings. The van der Waals surface area contributed by atoms with Crippen molar-refractivity contribution in [2.45, 2.75) is 25.8 Å². The van der Waals surface area contributed by atoms with Crippen LogP contribution in [-0.2, 0) is 6.42 Å². The average molecular weight is 303 g/mol. The van der Waals surface area contributed by atoms with E-state index in [2.05, 4.69) is 0 Å². The molecule has 0 spiro atoms. The highest BCUT2D eigenvalue weighted by Gasteiger charge is 2.14. The number of hydrazine groups is 1. The van der Waals surface area contributed by atoms with Gasteiger partial charge in [-0.2, -0.15) is 0 Å². The smallest absolute Gasteiger partial charge is 0.0595 e. The molecule has 0 aliphatic carbocycles. The molecule has 0 bridgehead atoms. The normalized spacial score (nSPS) is 12.6. The molecule has 106 valence electrons. The second-order valence-corrected chi connectivity index (χ2v) is 5.86. The van der Waals surface area contributed by atoms with Crippen molar-refractivity contribution in [3.63, 3.8) is 0 Å². The van der Waals surface area contributed by atoms with E-state index in [0.29, 0.717) is 22.3 Å². The fraction of sp³-hybridized carbons (Fsp3) is 0.385. The number of nitrogens with two attached hydrogens (primary N) is 3. The summed E-state index contributed by atoms with van der Waals surface area (Å²) in [6.07, 6.45) is 2.39. The minimum atomic E-state index is -0.582. The van der Waals surface area contributed by atoms with Crippen molar-refractivity contribution in [3.8, 4) is 0 Å². The molecule has 0 unspecified atom stereocenters. The summed E-state index contributed by atoms with van der Waals surface area (Å²) in [6.45, 7) is 4.26. The standard InChI is InChI=1S/C13H20Cl2N4/c1-13(2,17)12(16)8-19(18)6-5-9-3-4-10(14)11(15)7-9/h3-4,7-8H,5-6,16-18H2,1-2H3/b12-8-. The first kappa shape index (κ1) is 16.1. The lowest BCUT2D eigenvalue weighted by molar-refractivity contribution is 0.387. The van der Waals surface area contributed by atoms with E-state index in [1.807, 2.05) is 26.0 Å². The summed E-state index contributed by atoms with van der Waals surface area (Å²) < 4.78 is 0. The number of benzene rings is 1. The van der Waals surface area contributed by atoms with Gasteiger partial charge in [-0.15, -0.1) is 0 Å². The molecular weight excluding hydrogens is 283 g/mol. The van der Waals surface area contributed by atoms with Crippen LogP contribution in [0.2, 0.25) is 10.0 Å². The molecule has 1 aromatic carbocycles. The fourth-order valence-corrected chi connectivity index (χ4v) is 1.68. The van der Waals surface area contributed by atoms with Crippen molar-refractivity contribution in [1.29, 1.82) is 0 Å². The molecule has 0 radical (unpaired) electrons. The first-order valence-electron chi connectivity index (χ1n) is 5.92. The Morgan fingerprint density at radius 2 is 1.95 bits per heavy atom. The van der Waals surface area contributed by atoms with E-state index in [1.165, 1.54) is 5.01 Å². The Morgan fingerprint density at radius 1 is 1.32 bits per heavy atom. The van der Waals surface area contributed by atoms with E-state index < -0.39 is 5.54 Å². The van der Waals surface area contributed by atoms with E-state index in [-0.39, 0.29) is 0 Å². The van der Waals surface area contributed by atoms with Crippen LogP contribution < -0.4 is 17.3 Å². The van der Waals surface area contributed by atoms with Gasteiger partial charge in [0.15, 0.2) is 0 Å². The molecule has 6 heteroatoms. The predicted molar refractivity (Wildman–Crippen MR) is 81.6 cm³/mol. The Morgan fingerprint density at radius 3 is 2.47 bits per heavy atom. The highest BCUT2D eigenvalue weighted by Crippen LogP contribution is 2.22. The summed E-state index contributed by atoms with van der Waals surface area (Å²) in [7, 11) is 0. The third-order valence-corrected chi connectivity index (χ3v) is 3.43. The number of nitrogens with zero attached hydrogens (tertiary/aromatic N) is 1. The van der Waals surface area contributed by atoms with Gasteiger partial charge in [-0.25, -0.2) is 5.84 Å². The van der Waals surface area contributed by atoms with Crippen molar-refractivity contribution in [2.24, 2.45) is 17.3 Å². The van der Waals surface area contributed by atoms with Crippen LogP contribution in [0.3, 0.4) is 0 Å². The van der Waals surface area contributed by atoms with Gasteiger partial charge in [0.1, 0.15) is 0 Å². The number of halogens is 2. The molecule has 19 heavy (non-hydrogen) atoms. The molecular formula is C13H20Cl2N4. The maximum atomic E-state index is 5.95. The summed E-state index contributed by atoms with van der Waals surface area (Å²) in [4.78, 5) is 0. The van der Waals surface area contributed by atoms with Crippen LogP contribution >= 0.6 is 23.2 Å². The SMILES string of the molecule is CC(C)(N)/C(N)=C/N(N)CCc1ccc(Cl)c(Cl)c1. The van der Waals surface area contributed by atoms with Gasteiger partial charge < -0.3 is 16.5 Å². The molecule has 0 amide bonds. The maximum Gasteiger partial charge on any atom is 0.0595 e. The second kappa shape index (κ2) is 6.48. The van der Waals surface area contributed by atoms with Gasteiger partial charge >= 0.3 is 0 Å². The Balaban J connectivity index is 2.59. The minimum Gasteiger partial charge on any atom is -0.399 e. The molecule has 0 saturated heterocycles. The zero-order valence-corrected chi connectivity index (χ0v) is 12.7. The molecule has 1 aromatic rings. The number of rotatable bonds is 5. The Kier molecular flexibility index (Phi) is 5.50. The summed E-state index contributed by atoms with van der Waals surface area (Å²) in [5, 5.41) is 2.61. The number of hydrogen-bond donors (Lipinski definition) is 3. The summed E-state index contributed by atoms with van der Waals surface area (Å²) in [5.41, 5.74) is 12.7. The third-order valence-electron chi connectivity index (χ3n) is 2.69. The maximum absolute atomic E-state index is 5.95. The van der Waals surface area contributed by atoms with Crippen molar-refractivity contribution in [1.82, 2.24) is 5.01 Å². The van der Waals surface area contributed by atoms with Gasteiger partial charge in [0, 0.05) is 18.4 Å². The van der Waals surface area contributed by atoms with Gasteiger partial charge in [-0.1, -0.05) is 29.3 Å². The van der Waals surface area contributed by atoms with Gasteiger partial charge in [0.2, 0.25) is 0 Å².